The summed E-state index contributed by atoms with van der Waals surface area (Å²) in [6.45, 7) is 4.00. The molecule has 1 heterocycles. The molecule has 0 aromatic heterocycles. The van der Waals surface area contributed by atoms with Gasteiger partial charge in [-0.25, -0.2) is 0 Å². The summed E-state index contributed by atoms with van der Waals surface area (Å²) in [5.41, 5.74) is 3.22. The first-order valence-electron chi connectivity index (χ1n) is 5.37. The fourth-order valence-electron chi connectivity index (χ4n) is 2.23. The van der Waals surface area contributed by atoms with E-state index in [1.54, 1.807) is 7.05 Å². The zero-order valence-electron chi connectivity index (χ0n) is 9.78. The lowest BCUT2D eigenvalue weighted by atomic mass is 9.94. The summed E-state index contributed by atoms with van der Waals surface area (Å²) in [6, 6.07) is 6.04. The summed E-state index contributed by atoms with van der Waals surface area (Å²) in [4.78, 5) is 24.5. The van der Waals surface area contributed by atoms with E-state index in [-0.39, 0.29) is 17.7 Å². The van der Waals surface area contributed by atoms with Gasteiger partial charge >= 0.3 is 0 Å². The highest BCUT2D eigenvalue weighted by atomic mass is 16.2. The van der Waals surface area contributed by atoms with Gasteiger partial charge in [0, 0.05) is 13.5 Å². The van der Waals surface area contributed by atoms with Gasteiger partial charge in [0.1, 0.15) is 0 Å². The minimum Gasteiger partial charge on any atom is -0.285 e. The van der Waals surface area contributed by atoms with E-state index in [0.717, 1.165) is 16.7 Å². The Balaban J connectivity index is 2.38. The van der Waals surface area contributed by atoms with Crippen LogP contribution >= 0.6 is 0 Å². The van der Waals surface area contributed by atoms with Crippen LogP contribution in [-0.2, 0) is 9.59 Å². The maximum atomic E-state index is 11.8. The number of carbonyl (C=O) groups excluding carboxylic acids is 2. The van der Waals surface area contributed by atoms with Crippen LogP contribution < -0.4 is 0 Å². The Morgan fingerprint density at radius 2 is 1.69 bits per heavy atom. The second-order valence-electron chi connectivity index (χ2n) is 4.47. The second-order valence-corrected chi connectivity index (χ2v) is 4.47. The monoisotopic (exact) mass is 217 g/mol. The lowest BCUT2D eigenvalue weighted by Crippen LogP contribution is -2.25. The molecule has 0 spiro atoms. The molecule has 16 heavy (non-hydrogen) atoms. The Morgan fingerprint density at radius 1 is 1.12 bits per heavy atom. The largest absolute Gasteiger partial charge is 0.285 e. The van der Waals surface area contributed by atoms with E-state index in [1.807, 2.05) is 26.0 Å². The third kappa shape index (κ3) is 1.73. The predicted molar refractivity (Wildman–Crippen MR) is 61.1 cm³/mol. The van der Waals surface area contributed by atoms with Gasteiger partial charge in [-0.15, -0.1) is 0 Å². The smallest absolute Gasteiger partial charge is 0.236 e. The normalized spacial score (nSPS) is 20.7. The van der Waals surface area contributed by atoms with E-state index in [0.29, 0.717) is 6.42 Å². The van der Waals surface area contributed by atoms with Crippen LogP contribution in [0.4, 0.5) is 0 Å². The van der Waals surface area contributed by atoms with E-state index < -0.39 is 0 Å². The zero-order valence-corrected chi connectivity index (χ0v) is 9.78. The number of nitrogens with zero attached hydrogens (tertiary/aromatic N) is 1. The Morgan fingerprint density at radius 3 is 2.12 bits per heavy atom. The van der Waals surface area contributed by atoms with Crippen LogP contribution in [0.25, 0.3) is 0 Å². The van der Waals surface area contributed by atoms with E-state index in [1.165, 1.54) is 4.90 Å². The summed E-state index contributed by atoms with van der Waals surface area (Å²) in [6.07, 6.45) is 0.304. The Kier molecular flexibility index (Phi) is 2.54. The van der Waals surface area contributed by atoms with Crippen molar-refractivity contribution < 1.29 is 9.59 Å². The number of likely N-dealkylation sites (tertiary alicyclic amines) is 1. The molecule has 0 saturated carbocycles. The number of imide groups is 1. The van der Waals surface area contributed by atoms with Gasteiger partial charge < -0.3 is 0 Å². The summed E-state index contributed by atoms with van der Waals surface area (Å²) < 4.78 is 0. The van der Waals surface area contributed by atoms with Gasteiger partial charge in [0.15, 0.2) is 0 Å². The first kappa shape index (κ1) is 10.9. The van der Waals surface area contributed by atoms with Gasteiger partial charge in [-0.3, -0.25) is 14.5 Å². The van der Waals surface area contributed by atoms with Crippen LogP contribution in [-0.4, -0.2) is 23.8 Å². The molecular weight excluding hydrogens is 202 g/mol. The van der Waals surface area contributed by atoms with Crippen LogP contribution in [0.5, 0.6) is 0 Å². The molecular formula is C13H15NO2. The van der Waals surface area contributed by atoms with Gasteiger partial charge in [0.25, 0.3) is 0 Å². The molecule has 1 aliphatic heterocycles. The maximum absolute atomic E-state index is 11.8. The van der Waals surface area contributed by atoms with Crippen molar-refractivity contribution in [3.63, 3.8) is 0 Å². The number of aryl methyl sites for hydroxylation is 2. The van der Waals surface area contributed by atoms with Crippen molar-refractivity contribution in [2.24, 2.45) is 0 Å². The van der Waals surface area contributed by atoms with Crippen LogP contribution in [0.2, 0.25) is 0 Å². The molecule has 2 amide bonds. The Bertz CT molecular complexity index is 445. The third-order valence-electron chi connectivity index (χ3n) is 3.03. The minimum atomic E-state index is -0.281. The summed E-state index contributed by atoms with van der Waals surface area (Å²) in [5.74, 6) is -0.458. The van der Waals surface area contributed by atoms with E-state index in [2.05, 4.69) is 6.07 Å². The maximum Gasteiger partial charge on any atom is 0.236 e. The van der Waals surface area contributed by atoms with Crippen LogP contribution in [0.1, 0.15) is 29.0 Å². The fourth-order valence-corrected chi connectivity index (χ4v) is 2.23. The molecule has 1 aromatic rings. The number of amides is 2. The van der Waals surface area contributed by atoms with Crippen molar-refractivity contribution in [3.05, 3.63) is 34.9 Å². The molecule has 84 valence electrons. The van der Waals surface area contributed by atoms with Crippen LogP contribution in [0, 0.1) is 13.8 Å². The van der Waals surface area contributed by atoms with E-state index >= 15 is 0 Å². The molecule has 0 aliphatic carbocycles. The summed E-state index contributed by atoms with van der Waals surface area (Å²) in [7, 11) is 1.55. The fraction of sp³-hybridized carbons (Fsp3) is 0.385. The molecule has 1 fully saturated rings. The average molecular weight is 217 g/mol. The molecule has 3 nitrogen and oxygen atoms in total. The lowest BCUT2D eigenvalue weighted by Gasteiger charge is -2.10. The number of hydrogen-bond donors (Lipinski definition) is 0. The third-order valence-corrected chi connectivity index (χ3v) is 3.03. The van der Waals surface area contributed by atoms with E-state index in [9.17, 15) is 9.59 Å². The van der Waals surface area contributed by atoms with Gasteiger partial charge in [-0.2, -0.15) is 0 Å². The van der Waals surface area contributed by atoms with Crippen molar-refractivity contribution in [1.29, 1.82) is 0 Å². The van der Waals surface area contributed by atoms with Gasteiger partial charge in [0.2, 0.25) is 11.8 Å². The molecule has 0 N–H and O–H groups in total. The average Bonchev–Trinajstić information content (AvgIpc) is 2.44. The van der Waals surface area contributed by atoms with Crippen LogP contribution in [0.3, 0.4) is 0 Å². The quantitative estimate of drug-likeness (QED) is 0.672. The summed E-state index contributed by atoms with van der Waals surface area (Å²) in [5, 5.41) is 0. The number of rotatable bonds is 1. The van der Waals surface area contributed by atoms with E-state index in [4.69, 9.17) is 0 Å². The molecule has 2 rings (SSSR count). The second kappa shape index (κ2) is 3.74. The SMILES string of the molecule is Cc1cc(C)cc(C2CC(=O)N(C)C2=O)c1. The van der Waals surface area contributed by atoms with Crippen molar-refractivity contribution in [3.8, 4) is 0 Å². The molecule has 1 aliphatic rings. The molecule has 1 saturated heterocycles. The number of likely N-dealkylation sites (N-methyl/N-ethyl adjacent to an activating group) is 1. The number of carbonyl (C=O) groups is 2. The molecule has 1 atom stereocenters. The van der Waals surface area contributed by atoms with Gasteiger partial charge in [-0.05, 0) is 19.4 Å². The highest BCUT2D eigenvalue weighted by Crippen LogP contribution is 2.29. The molecule has 3 heteroatoms. The molecule has 1 aromatic carbocycles. The highest BCUT2D eigenvalue weighted by Gasteiger charge is 2.36. The van der Waals surface area contributed by atoms with Crippen LogP contribution in [0.15, 0.2) is 18.2 Å². The van der Waals surface area contributed by atoms with Crippen molar-refractivity contribution >= 4 is 11.8 Å². The molecule has 0 radical (unpaired) electrons. The molecule has 0 bridgehead atoms. The highest BCUT2D eigenvalue weighted by molar-refractivity contribution is 6.05. The topological polar surface area (TPSA) is 37.4 Å². The van der Waals surface area contributed by atoms with Crippen molar-refractivity contribution in [1.82, 2.24) is 4.90 Å². The first-order valence-corrected chi connectivity index (χ1v) is 5.37. The molecule has 1 unspecified atom stereocenters. The van der Waals surface area contributed by atoms with Gasteiger partial charge in [0.05, 0.1) is 5.92 Å². The van der Waals surface area contributed by atoms with Crippen molar-refractivity contribution in [2.75, 3.05) is 7.05 Å². The number of benzene rings is 1. The standard InChI is InChI=1S/C13H15NO2/c1-8-4-9(2)6-10(5-8)11-7-12(15)14(3)13(11)16/h4-6,11H,7H2,1-3H3. The first-order chi connectivity index (χ1) is 7.49. The lowest BCUT2D eigenvalue weighted by molar-refractivity contribution is -0.137. The minimum absolute atomic E-state index is 0.0880. The Labute approximate surface area is 95.1 Å². The number of hydrogen-bond acceptors (Lipinski definition) is 2. The van der Waals surface area contributed by atoms with Crippen molar-refractivity contribution in [2.45, 2.75) is 26.2 Å². The zero-order chi connectivity index (χ0) is 11.9. The summed E-state index contributed by atoms with van der Waals surface area (Å²) >= 11 is 0. The Hall–Kier alpha value is -1.64. The van der Waals surface area contributed by atoms with Gasteiger partial charge in [-0.1, -0.05) is 29.3 Å². The predicted octanol–water partition coefficient (Wildman–Crippen LogP) is 1.78.